The first kappa shape index (κ1) is 28.0. The number of nitrogens with one attached hydrogen (secondary N) is 1. The highest BCUT2D eigenvalue weighted by Gasteiger charge is 2.60. The molecule has 0 radical (unpaired) electrons. The molecule has 238 valence electrons. The molecule has 2 spiro atoms. The fraction of sp³-hybridized carbons (Fsp3) is 0.486. The second-order valence-electron chi connectivity index (χ2n) is 14.0. The van der Waals surface area contributed by atoms with Crippen LogP contribution < -0.4 is 0 Å². The van der Waals surface area contributed by atoms with E-state index in [1.165, 1.54) is 5.56 Å². The summed E-state index contributed by atoms with van der Waals surface area (Å²) in [6.07, 6.45) is 14.2. The molecule has 2 aliphatic carbocycles. The summed E-state index contributed by atoms with van der Waals surface area (Å²) in [7, 11) is 5.62. The Morgan fingerprint density at radius 3 is 2.65 bits per heavy atom. The molecule has 9 rings (SSSR count). The number of fused-ring (bicyclic) bond motifs is 5. The summed E-state index contributed by atoms with van der Waals surface area (Å²) in [4.78, 5) is 23.6. The first-order valence-corrected chi connectivity index (χ1v) is 16.4. The molecule has 11 nitrogen and oxygen atoms in total. The van der Waals surface area contributed by atoms with E-state index in [0.717, 1.165) is 94.8 Å². The minimum absolute atomic E-state index is 0.0146. The maximum atomic E-state index is 13.1. The van der Waals surface area contributed by atoms with Crippen LogP contribution in [0.25, 0.3) is 44.3 Å². The third kappa shape index (κ3) is 4.17. The van der Waals surface area contributed by atoms with E-state index in [1.54, 1.807) is 7.11 Å². The van der Waals surface area contributed by atoms with Crippen molar-refractivity contribution in [3.63, 3.8) is 0 Å². The molecule has 1 N–H and O–H groups in total. The van der Waals surface area contributed by atoms with Crippen molar-refractivity contribution in [3.05, 3.63) is 54.1 Å². The summed E-state index contributed by atoms with van der Waals surface area (Å²) in [6, 6.07) is 6.56. The quantitative estimate of drug-likeness (QED) is 0.269. The van der Waals surface area contributed by atoms with Gasteiger partial charge in [-0.1, -0.05) is 6.07 Å². The molecule has 1 aromatic carbocycles. The Morgan fingerprint density at radius 1 is 1.04 bits per heavy atom. The average molecular weight is 622 g/mol. The van der Waals surface area contributed by atoms with Crippen LogP contribution in [-0.4, -0.2) is 72.9 Å². The normalized spacial score (nSPS) is 23.1. The lowest BCUT2D eigenvalue weighted by Crippen LogP contribution is -2.55. The molecule has 0 bridgehead atoms. The van der Waals surface area contributed by atoms with E-state index < -0.39 is 0 Å². The minimum atomic E-state index is -0.365. The number of methoxy groups -OCH3 is 1. The summed E-state index contributed by atoms with van der Waals surface area (Å²) < 4.78 is 21.9. The van der Waals surface area contributed by atoms with Gasteiger partial charge in [-0.15, -0.1) is 0 Å². The Kier molecular flexibility index (Phi) is 6.18. The second kappa shape index (κ2) is 10.1. The summed E-state index contributed by atoms with van der Waals surface area (Å²) >= 11 is 0. The minimum Gasteiger partial charge on any atom is -0.443 e. The SMILES string of the molecule is COC1CCCC1OC(=O)N1CCC2(CC1)CC1(C2)OCc2cnc3[nH]c(-c4cnn(C)c4)c(-c4ccc5c(cnn5C)c4)c3c21. The van der Waals surface area contributed by atoms with Crippen molar-refractivity contribution in [1.29, 1.82) is 0 Å². The molecular weight excluding hydrogens is 582 g/mol. The molecule has 6 heterocycles. The zero-order valence-electron chi connectivity index (χ0n) is 26.6. The van der Waals surface area contributed by atoms with Crippen LogP contribution in [0, 0.1) is 5.41 Å². The number of hydrogen-bond acceptors (Lipinski definition) is 7. The van der Waals surface area contributed by atoms with Gasteiger partial charge < -0.3 is 24.1 Å². The van der Waals surface area contributed by atoms with Gasteiger partial charge in [0, 0.05) is 79.7 Å². The van der Waals surface area contributed by atoms with Gasteiger partial charge in [-0.25, -0.2) is 9.78 Å². The number of aromatic nitrogens is 6. The molecule has 2 unspecified atom stereocenters. The van der Waals surface area contributed by atoms with Gasteiger partial charge in [-0.05, 0) is 68.1 Å². The number of piperidine rings is 1. The van der Waals surface area contributed by atoms with E-state index >= 15 is 0 Å². The molecule has 4 aliphatic rings. The molecule has 4 aromatic heterocycles. The van der Waals surface area contributed by atoms with Gasteiger partial charge in [0.1, 0.15) is 11.8 Å². The molecular formula is C35H39N7O4. The van der Waals surface area contributed by atoms with Crippen LogP contribution in [0.2, 0.25) is 0 Å². The van der Waals surface area contributed by atoms with Gasteiger partial charge in [-0.2, -0.15) is 10.2 Å². The van der Waals surface area contributed by atoms with Crippen LogP contribution in [0.15, 0.2) is 43.0 Å². The number of H-pyrrole nitrogens is 1. The van der Waals surface area contributed by atoms with E-state index in [4.69, 9.17) is 19.2 Å². The van der Waals surface area contributed by atoms with Crippen LogP contribution >= 0.6 is 0 Å². The first-order chi connectivity index (χ1) is 22.4. The zero-order valence-corrected chi connectivity index (χ0v) is 26.6. The monoisotopic (exact) mass is 621 g/mol. The van der Waals surface area contributed by atoms with E-state index in [1.807, 2.05) is 53.1 Å². The number of benzene rings is 1. The summed E-state index contributed by atoms with van der Waals surface area (Å²) in [6.45, 7) is 1.98. The van der Waals surface area contributed by atoms with Gasteiger partial charge in [0.25, 0.3) is 0 Å². The number of ether oxygens (including phenoxy) is 3. The zero-order chi connectivity index (χ0) is 31.2. The predicted octanol–water partition coefficient (Wildman–Crippen LogP) is 5.82. The van der Waals surface area contributed by atoms with Gasteiger partial charge in [0.2, 0.25) is 0 Å². The number of nitrogens with zero attached hydrogens (tertiary/aromatic N) is 6. The molecule has 1 amide bonds. The van der Waals surface area contributed by atoms with Gasteiger partial charge in [-0.3, -0.25) is 9.36 Å². The molecule has 11 heteroatoms. The third-order valence-corrected chi connectivity index (χ3v) is 11.2. The maximum Gasteiger partial charge on any atom is 0.410 e. The topological polar surface area (TPSA) is 112 Å². The van der Waals surface area contributed by atoms with Gasteiger partial charge >= 0.3 is 6.09 Å². The van der Waals surface area contributed by atoms with Crippen LogP contribution in [0.5, 0.6) is 0 Å². The average Bonchev–Trinajstić information content (AvgIpc) is 3.88. The number of hydrogen-bond donors (Lipinski definition) is 1. The van der Waals surface area contributed by atoms with Crippen molar-refractivity contribution in [3.8, 4) is 22.4 Å². The number of likely N-dealkylation sites (tertiary alicyclic amines) is 1. The highest BCUT2D eigenvalue weighted by molar-refractivity contribution is 6.06. The van der Waals surface area contributed by atoms with Crippen LogP contribution in [0.4, 0.5) is 4.79 Å². The van der Waals surface area contributed by atoms with Gasteiger partial charge in [0.15, 0.2) is 0 Å². The molecule has 2 aliphatic heterocycles. The number of carbonyl (C=O) groups excluding carboxylic acids is 1. The second-order valence-corrected chi connectivity index (χ2v) is 14.0. The molecule has 2 atom stereocenters. The highest BCUT2D eigenvalue weighted by atomic mass is 16.6. The third-order valence-electron chi connectivity index (χ3n) is 11.2. The fourth-order valence-corrected chi connectivity index (χ4v) is 8.94. The Hall–Kier alpha value is -4.22. The number of aryl methyl sites for hydroxylation is 2. The molecule has 3 fully saturated rings. The molecule has 5 aromatic rings. The Labute approximate surface area is 266 Å². The summed E-state index contributed by atoms with van der Waals surface area (Å²) in [5, 5.41) is 11.2. The van der Waals surface area contributed by atoms with E-state index in [-0.39, 0.29) is 29.3 Å². The van der Waals surface area contributed by atoms with Crippen LogP contribution in [0.3, 0.4) is 0 Å². The van der Waals surface area contributed by atoms with Crippen molar-refractivity contribution < 1.29 is 19.0 Å². The maximum absolute atomic E-state index is 13.1. The number of aromatic amines is 1. The lowest BCUT2D eigenvalue weighted by molar-refractivity contribution is -0.181. The molecule has 46 heavy (non-hydrogen) atoms. The van der Waals surface area contributed by atoms with Crippen LogP contribution in [0.1, 0.15) is 56.1 Å². The standard InChI is InChI=1S/C35H39N7O4/c1-40-17-23(16-37-40)31-28(21-7-8-25-22(13-21)15-38-41(25)2)29-30-24(14-36-32(29)39-31)18-45-35(30)19-34(20-35)9-11-42(12-10-34)33(43)46-27-6-4-5-26(27)44-3/h7-8,13-17,26-27H,4-6,9-12,18-20H2,1-3H3,(H,36,39). The molecule has 1 saturated heterocycles. The predicted molar refractivity (Wildman–Crippen MR) is 172 cm³/mol. The Balaban J connectivity index is 1.05. The van der Waals surface area contributed by atoms with Crippen molar-refractivity contribution in [2.24, 2.45) is 19.5 Å². The van der Waals surface area contributed by atoms with Crippen molar-refractivity contribution in [2.45, 2.75) is 69.4 Å². The van der Waals surface area contributed by atoms with E-state index in [2.05, 4.69) is 33.4 Å². The summed E-state index contributed by atoms with van der Waals surface area (Å²) in [5.74, 6) is 0. The smallest absolute Gasteiger partial charge is 0.410 e. The Bertz CT molecular complexity index is 1990. The van der Waals surface area contributed by atoms with Crippen molar-refractivity contribution in [1.82, 2.24) is 34.4 Å². The van der Waals surface area contributed by atoms with Crippen molar-refractivity contribution in [2.75, 3.05) is 20.2 Å². The van der Waals surface area contributed by atoms with E-state index in [9.17, 15) is 4.79 Å². The summed E-state index contributed by atoms with van der Waals surface area (Å²) in [5.41, 5.74) is 8.43. The first-order valence-electron chi connectivity index (χ1n) is 16.4. The molecule has 2 saturated carbocycles. The lowest BCUT2D eigenvalue weighted by Gasteiger charge is -2.57. The highest BCUT2D eigenvalue weighted by Crippen LogP contribution is 2.65. The number of carbonyl (C=O) groups is 1. The number of pyridine rings is 1. The lowest BCUT2D eigenvalue weighted by atomic mass is 9.53. The van der Waals surface area contributed by atoms with Gasteiger partial charge in [0.05, 0.1) is 41.9 Å². The number of rotatable bonds is 4. The number of amides is 1. The van der Waals surface area contributed by atoms with Crippen molar-refractivity contribution >= 4 is 28.0 Å². The Morgan fingerprint density at radius 2 is 1.87 bits per heavy atom. The largest absolute Gasteiger partial charge is 0.443 e. The van der Waals surface area contributed by atoms with E-state index in [0.29, 0.717) is 19.7 Å². The van der Waals surface area contributed by atoms with Crippen LogP contribution in [-0.2, 0) is 40.5 Å². The fourth-order valence-electron chi connectivity index (χ4n) is 8.94.